The summed E-state index contributed by atoms with van der Waals surface area (Å²) in [6.45, 7) is 7.11. The first kappa shape index (κ1) is 23.4. The molecule has 2 aromatic carbocycles. The van der Waals surface area contributed by atoms with Gasteiger partial charge in [0.15, 0.2) is 0 Å². The number of nitrogens with one attached hydrogen (secondary N) is 1. The van der Waals surface area contributed by atoms with Gasteiger partial charge in [0, 0.05) is 32.1 Å². The summed E-state index contributed by atoms with van der Waals surface area (Å²) in [5, 5.41) is 2.59. The molecular formula is C25H33N3O4. The van der Waals surface area contributed by atoms with E-state index >= 15 is 0 Å². The highest BCUT2D eigenvalue weighted by Crippen LogP contribution is 2.31. The lowest BCUT2D eigenvalue weighted by Crippen LogP contribution is -2.42. The van der Waals surface area contributed by atoms with Crippen LogP contribution in [-0.4, -0.2) is 56.1 Å². The van der Waals surface area contributed by atoms with Gasteiger partial charge in [-0.25, -0.2) is 0 Å². The summed E-state index contributed by atoms with van der Waals surface area (Å²) in [6, 6.07) is 16.2. The number of fused-ring (bicyclic) bond motifs is 1. The first-order valence-electron chi connectivity index (χ1n) is 11.3. The van der Waals surface area contributed by atoms with E-state index in [1.807, 2.05) is 43.3 Å². The first-order chi connectivity index (χ1) is 15.6. The zero-order valence-corrected chi connectivity index (χ0v) is 19.0. The van der Waals surface area contributed by atoms with Gasteiger partial charge in [-0.15, -0.1) is 0 Å². The molecule has 1 aliphatic heterocycles. The van der Waals surface area contributed by atoms with Crippen LogP contribution in [0.15, 0.2) is 48.5 Å². The summed E-state index contributed by atoms with van der Waals surface area (Å²) in [7, 11) is 0. The van der Waals surface area contributed by atoms with E-state index in [1.165, 1.54) is 6.92 Å². The highest BCUT2D eigenvalue weighted by Gasteiger charge is 2.19. The third kappa shape index (κ3) is 6.64. The highest BCUT2D eigenvalue weighted by molar-refractivity contribution is 5.83. The monoisotopic (exact) mass is 439 g/mol. The second kappa shape index (κ2) is 12.0. The summed E-state index contributed by atoms with van der Waals surface area (Å²) < 4.78 is 12.0. The number of rotatable bonds is 6. The molecule has 32 heavy (non-hydrogen) atoms. The Morgan fingerprint density at radius 1 is 1.03 bits per heavy atom. The molecule has 0 fully saturated rings. The van der Waals surface area contributed by atoms with Gasteiger partial charge in [0.1, 0.15) is 18.1 Å². The lowest BCUT2D eigenvalue weighted by atomic mass is 10.1. The zero-order valence-electron chi connectivity index (χ0n) is 19.0. The van der Waals surface area contributed by atoms with E-state index in [0.29, 0.717) is 32.8 Å². The molecule has 0 unspecified atom stereocenters. The standard InChI is InChI=1S/C25H33N3O4/c1-3-31-23-12-6-4-10-21(23)19-28-15-9-8-14-27(25(30)18-26-20(2)29)16-17-32-24-13-7-5-11-22(24)28/h4-7,10-13H,3,8-9,14-19H2,1-2H3,(H,26,29). The molecule has 0 radical (unpaired) electrons. The Labute approximate surface area is 190 Å². The van der Waals surface area contributed by atoms with E-state index in [1.54, 1.807) is 4.90 Å². The molecule has 7 nitrogen and oxygen atoms in total. The van der Waals surface area contributed by atoms with Gasteiger partial charge in [0.05, 0.1) is 25.4 Å². The number of hydrogen-bond donors (Lipinski definition) is 1. The van der Waals surface area contributed by atoms with E-state index in [9.17, 15) is 9.59 Å². The molecule has 1 aliphatic rings. The van der Waals surface area contributed by atoms with Crippen LogP contribution in [0, 0.1) is 0 Å². The van der Waals surface area contributed by atoms with Gasteiger partial charge in [-0.2, -0.15) is 0 Å². The van der Waals surface area contributed by atoms with Crippen LogP contribution in [0.4, 0.5) is 5.69 Å². The minimum atomic E-state index is -0.204. The van der Waals surface area contributed by atoms with Crippen LogP contribution in [0.5, 0.6) is 11.5 Å². The first-order valence-corrected chi connectivity index (χ1v) is 11.3. The fraction of sp³-hybridized carbons (Fsp3) is 0.440. The molecular weight excluding hydrogens is 406 g/mol. The Morgan fingerprint density at radius 2 is 1.78 bits per heavy atom. The van der Waals surface area contributed by atoms with Crippen molar-refractivity contribution >= 4 is 17.5 Å². The average Bonchev–Trinajstić information content (AvgIpc) is 2.83. The second-order valence-electron chi connectivity index (χ2n) is 7.78. The fourth-order valence-corrected chi connectivity index (χ4v) is 3.81. The number of carbonyl (C=O) groups excluding carboxylic acids is 2. The average molecular weight is 440 g/mol. The van der Waals surface area contributed by atoms with Gasteiger partial charge in [-0.3, -0.25) is 9.59 Å². The van der Waals surface area contributed by atoms with Crippen molar-refractivity contribution in [3.63, 3.8) is 0 Å². The van der Waals surface area contributed by atoms with Crippen LogP contribution in [0.3, 0.4) is 0 Å². The summed E-state index contributed by atoms with van der Waals surface area (Å²) in [5.74, 6) is 1.42. The highest BCUT2D eigenvalue weighted by atomic mass is 16.5. The van der Waals surface area contributed by atoms with Gasteiger partial charge >= 0.3 is 0 Å². The van der Waals surface area contributed by atoms with Crippen LogP contribution >= 0.6 is 0 Å². The van der Waals surface area contributed by atoms with Gasteiger partial charge in [-0.1, -0.05) is 30.3 Å². The van der Waals surface area contributed by atoms with Crippen molar-refractivity contribution in [2.45, 2.75) is 33.2 Å². The van der Waals surface area contributed by atoms with E-state index in [-0.39, 0.29) is 18.4 Å². The van der Waals surface area contributed by atoms with Crippen molar-refractivity contribution in [1.29, 1.82) is 0 Å². The Bertz CT molecular complexity index is 902. The molecule has 2 amide bonds. The second-order valence-corrected chi connectivity index (χ2v) is 7.78. The van der Waals surface area contributed by atoms with Crippen molar-refractivity contribution in [1.82, 2.24) is 10.2 Å². The van der Waals surface area contributed by atoms with Crippen LogP contribution in [0.25, 0.3) is 0 Å². The summed E-state index contributed by atoms with van der Waals surface area (Å²) in [5.41, 5.74) is 2.17. The molecule has 0 aliphatic carbocycles. The minimum absolute atomic E-state index is 0.0201. The molecule has 172 valence electrons. The molecule has 0 saturated heterocycles. The predicted octanol–water partition coefficient (Wildman–Crippen LogP) is 3.23. The van der Waals surface area contributed by atoms with Crippen LogP contribution < -0.4 is 19.7 Å². The molecule has 0 aromatic heterocycles. The molecule has 7 heteroatoms. The fourth-order valence-electron chi connectivity index (χ4n) is 3.81. The topological polar surface area (TPSA) is 71.1 Å². The lowest BCUT2D eigenvalue weighted by Gasteiger charge is -2.27. The Kier molecular flexibility index (Phi) is 8.78. The molecule has 1 heterocycles. The minimum Gasteiger partial charge on any atom is -0.494 e. The van der Waals surface area contributed by atoms with Gasteiger partial charge in [0.2, 0.25) is 11.8 Å². The maximum Gasteiger partial charge on any atom is 0.242 e. The van der Waals surface area contributed by atoms with E-state index < -0.39 is 0 Å². The number of amides is 2. The number of nitrogens with zero attached hydrogens (tertiary/aromatic N) is 2. The van der Waals surface area contributed by atoms with E-state index in [4.69, 9.17) is 9.47 Å². The van der Waals surface area contributed by atoms with Crippen molar-refractivity contribution < 1.29 is 19.1 Å². The van der Waals surface area contributed by atoms with Crippen molar-refractivity contribution in [2.75, 3.05) is 44.3 Å². The third-order valence-electron chi connectivity index (χ3n) is 5.41. The molecule has 1 N–H and O–H groups in total. The molecule has 0 saturated carbocycles. The van der Waals surface area contributed by atoms with E-state index in [2.05, 4.69) is 22.3 Å². The normalized spacial score (nSPS) is 14.6. The Morgan fingerprint density at radius 3 is 2.59 bits per heavy atom. The Balaban J connectivity index is 1.77. The molecule has 0 bridgehead atoms. The van der Waals surface area contributed by atoms with Crippen molar-refractivity contribution in [3.8, 4) is 11.5 Å². The maximum absolute atomic E-state index is 12.5. The predicted molar refractivity (Wildman–Crippen MR) is 125 cm³/mol. The lowest BCUT2D eigenvalue weighted by molar-refractivity contribution is -0.132. The number of anilines is 1. The molecule has 0 atom stereocenters. The number of benzene rings is 2. The quantitative estimate of drug-likeness (QED) is 0.748. The summed E-state index contributed by atoms with van der Waals surface area (Å²) in [6.07, 6.45) is 1.80. The van der Waals surface area contributed by atoms with Crippen molar-refractivity contribution in [3.05, 3.63) is 54.1 Å². The molecule has 2 aromatic rings. The van der Waals surface area contributed by atoms with Crippen molar-refractivity contribution in [2.24, 2.45) is 0 Å². The number of para-hydroxylation sites is 3. The van der Waals surface area contributed by atoms with Gasteiger partial charge < -0.3 is 24.6 Å². The number of ether oxygens (including phenoxy) is 2. The van der Waals surface area contributed by atoms with Gasteiger partial charge in [-0.05, 0) is 38.0 Å². The molecule has 3 rings (SSSR count). The van der Waals surface area contributed by atoms with Crippen LogP contribution in [0.1, 0.15) is 32.3 Å². The molecule has 0 spiro atoms. The summed E-state index contributed by atoms with van der Waals surface area (Å²) >= 11 is 0. The maximum atomic E-state index is 12.5. The van der Waals surface area contributed by atoms with E-state index in [0.717, 1.165) is 42.1 Å². The number of carbonyl (C=O) groups is 2. The Hall–Kier alpha value is -3.22. The summed E-state index contributed by atoms with van der Waals surface area (Å²) in [4.78, 5) is 27.8. The largest absolute Gasteiger partial charge is 0.494 e. The smallest absolute Gasteiger partial charge is 0.242 e. The zero-order chi connectivity index (χ0) is 22.8. The number of hydrogen-bond acceptors (Lipinski definition) is 5. The van der Waals surface area contributed by atoms with Crippen LogP contribution in [0.2, 0.25) is 0 Å². The van der Waals surface area contributed by atoms with Gasteiger partial charge in [0.25, 0.3) is 0 Å². The SMILES string of the molecule is CCOc1ccccc1CN1CCCCN(C(=O)CNC(C)=O)CCOc2ccccc21. The third-order valence-corrected chi connectivity index (χ3v) is 5.41. The van der Waals surface area contributed by atoms with Crippen LogP contribution in [-0.2, 0) is 16.1 Å².